The molecule has 0 aliphatic carbocycles. The zero-order valence-corrected chi connectivity index (χ0v) is 5.76. The molecule has 56 valence electrons. The van der Waals surface area contributed by atoms with Crippen molar-refractivity contribution in [2.24, 2.45) is 5.73 Å². The van der Waals surface area contributed by atoms with Gasteiger partial charge in [0, 0.05) is 18.5 Å². The van der Waals surface area contributed by atoms with E-state index in [1.807, 2.05) is 6.92 Å². The van der Waals surface area contributed by atoms with E-state index in [1.54, 1.807) is 0 Å². The number of aromatic amines is 1. The van der Waals surface area contributed by atoms with Crippen molar-refractivity contribution in [3.8, 4) is 0 Å². The normalized spacial score (nSPS) is 13.4. The van der Waals surface area contributed by atoms with Gasteiger partial charge in [-0.15, -0.1) is 0 Å². The van der Waals surface area contributed by atoms with Gasteiger partial charge in [0.25, 0.3) is 5.56 Å². The van der Waals surface area contributed by atoms with Gasteiger partial charge in [-0.3, -0.25) is 4.79 Å². The van der Waals surface area contributed by atoms with Crippen molar-refractivity contribution in [3.63, 3.8) is 0 Å². The first-order chi connectivity index (χ1) is 4.68. The highest BCUT2D eigenvalue weighted by Crippen LogP contribution is 1.95. The predicted octanol–water partition coefficient (Wildman–Crippen LogP) is -0.142. The van der Waals surface area contributed by atoms with Crippen molar-refractivity contribution in [1.29, 1.82) is 0 Å². The fraction of sp³-hybridized carbons (Fsp3) is 0.500. The van der Waals surface area contributed by atoms with Crippen LogP contribution in [0.25, 0.3) is 0 Å². The summed E-state index contributed by atoms with van der Waals surface area (Å²) in [5.74, 6) is 0.611. The van der Waals surface area contributed by atoms with E-state index in [2.05, 4.69) is 5.16 Å². The molecule has 0 fully saturated rings. The van der Waals surface area contributed by atoms with Crippen LogP contribution in [0.5, 0.6) is 0 Å². The summed E-state index contributed by atoms with van der Waals surface area (Å²) in [5.41, 5.74) is 5.25. The minimum absolute atomic E-state index is 0.0268. The summed E-state index contributed by atoms with van der Waals surface area (Å²) in [4.78, 5) is 10.5. The molecular formula is C6H10N2O2. The molecule has 4 heteroatoms. The number of rotatable bonds is 2. The molecule has 4 nitrogen and oxygen atoms in total. The number of hydrogen-bond donors (Lipinski definition) is 2. The summed E-state index contributed by atoms with van der Waals surface area (Å²) in [6.07, 6.45) is 0.596. The third kappa shape index (κ3) is 1.73. The van der Waals surface area contributed by atoms with Gasteiger partial charge in [-0.05, 0) is 6.92 Å². The first-order valence-electron chi connectivity index (χ1n) is 3.11. The monoisotopic (exact) mass is 142 g/mol. The third-order valence-corrected chi connectivity index (χ3v) is 1.10. The van der Waals surface area contributed by atoms with E-state index in [0.717, 1.165) is 0 Å². The SMILES string of the molecule is CC(N)Cc1cc(=O)[nH]o1. The molecule has 0 aliphatic rings. The molecule has 1 aromatic rings. The van der Waals surface area contributed by atoms with Gasteiger partial charge in [0.05, 0.1) is 0 Å². The molecule has 1 atom stereocenters. The first-order valence-corrected chi connectivity index (χ1v) is 3.11. The molecule has 0 radical (unpaired) electrons. The predicted molar refractivity (Wildman–Crippen MR) is 36.7 cm³/mol. The van der Waals surface area contributed by atoms with Gasteiger partial charge in [0.1, 0.15) is 5.76 Å². The Morgan fingerprint density at radius 1 is 1.90 bits per heavy atom. The lowest BCUT2D eigenvalue weighted by Gasteiger charge is -1.97. The Bertz CT molecular complexity index is 248. The third-order valence-electron chi connectivity index (χ3n) is 1.10. The fourth-order valence-corrected chi connectivity index (χ4v) is 0.739. The van der Waals surface area contributed by atoms with Gasteiger partial charge in [0.2, 0.25) is 0 Å². The van der Waals surface area contributed by atoms with Crippen LogP contribution in [0.2, 0.25) is 0 Å². The summed E-state index contributed by atoms with van der Waals surface area (Å²) < 4.78 is 4.76. The molecule has 1 unspecified atom stereocenters. The maximum absolute atomic E-state index is 10.5. The Kier molecular flexibility index (Phi) is 1.91. The topological polar surface area (TPSA) is 72.0 Å². The van der Waals surface area contributed by atoms with Crippen LogP contribution in [0.3, 0.4) is 0 Å². The van der Waals surface area contributed by atoms with E-state index < -0.39 is 0 Å². The molecule has 0 aromatic carbocycles. The van der Waals surface area contributed by atoms with E-state index in [-0.39, 0.29) is 11.6 Å². The minimum Gasteiger partial charge on any atom is -0.383 e. The zero-order chi connectivity index (χ0) is 7.56. The zero-order valence-electron chi connectivity index (χ0n) is 5.76. The lowest BCUT2D eigenvalue weighted by Crippen LogP contribution is -2.17. The highest BCUT2D eigenvalue weighted by molar-refractivity contribution is 4.95. The average molecular weight is 142 g/mol. The van der Waals surface area contributed by atoms with E-state index in [0.29, 0.717) is 12.2 Å². The number of nitrogens with two attached hydrogens (primary N) is 1. The summed E-state index contributed by atoms with van der Waals surface area (Å²) in [6.45, 7) is 1.85. The highest BCUT2D eigenvalue weighted by Gasteiger charge is 2.01. The highest BCUT2D eigenvalue weighted by atomic mass is 16.5. The summed E-state index contributed by atoms with van der Waals surface area (Å²) in [6, 6.07) is 1.43. The van der Waals surface area contributed by atoms with Gasteiger partial charge >= 0.3 is 0 Å². The van der Waals surface area contributed by atoms with Crippen LogP contribution in [0, 0.1) is 0 Å². The number of nitrogens with one attached hydrogen (secondary N) is 1. The Balaban J connectivity index is 2.67. The van der Waals surface area contributed by atoms with Crippen LogP contribution < -0.4 is 11.3 Å². The molecule has 0 spiro atoms. The van der Waals surface area contributed by atoms with Crippen LogP contribution in [0.15, 0.2) is 15.4 Å². The number of aromatic nitrogens is 1. The second kappa shape index (κ2) is 2.70. The molecule has 0 aliphatic heterocycles. The number of H-pyrrole nitrogens is 1. The van der Waals surface area contributed by atoms with Crippen LogP contribution >= 0.6 is 0 Å². The average Bonchev–Trinajstić information content (AvgIpc) is 2.13. The van der Waals surface area contributed by atoms with E-state index in [9.17, 15) is 4.79 Å². The Morgan fingerprint density at radius 3 is 3.00 bits per heavy atom. The van der Waals surface area contributed by atoms with Crippen molar-refractivity contribution < 1.29 is 4.52 Å². The van der Waals surface area contributed by atoms with Crippen molar-refractivity contribution in [2.75, 3.05) is 0 Å². The van der Waals surface area contributed by atoms with E-state index in [1.165, 1.54) is 6.07 Å². The van der Waals surface area contributed by atoms with E-state index in [4.69, 9.17) is 10.3 Å². The van der Waals surface area contributed by atoms with Gasteiger partial charge in [-0.2, -0.15) is 5.16 Å². The quantitative estimate of drug-likeness (QED) is 0.603. The Labute approximate surface area is 58.0 Å². The van der Waals surface area contributed by atoms with Crippen LogP contribution in [-0.2, 0) is 6.42 Å². The summed E-state index contributed by atoms with van der Waals surface area (Å²) in [5, 5.41) is 2.19. The second-order valence-electron chi connectivity index (χ2n) is 2.36. The summed E-state index contributed by atoms with van der Waals surface area (Å²) >= 11 is 0. The first kappa shape index (κ1) is 7.08. The van der Waals surface area contributed by atoms with Crippen LogP contribution in [-0.4, -0.2) is 11.2 Å². The van der Waals surface area contributed by atoms with Crippen molar-refractivity contribution in [1.82, 2.24) is 5.16 Å². The fourth-order valence-electron chi connectivity index (χ4n) is 0.739. The lowest BCUT2D eigenvalue weighted by atomic mass is 10.2. The smallest absolute Gasteiger partial charge is 0.280 e. The molecule has 3 N–H and O–H groups in total. The van der Waals surface area contributed by atoms with Crippen molar-refractivity contribution in [2.45, 2.75) is 19.4 Å². The van der Waals surface area contributed by atoms with E-state index >= 15 is 0 Å². The Morgan fingerprint density at radius 2 is 2.60 bits per heavy atom. The van der Waals surface area contributed by atoms with Gasteiger partial charge in [-0.1, -0.05) is 0 Å². The molecule has 0 saturated carbocycles. The van der Waals surface area contributed by atoms with Crippen LogP contribution in [0.1, 0.15) is 12.7 Å². The van der Waals surface area contributed by atoms with Crippen molar-refractivity contribution in [3.05, 3.63) is 22.2 Å². The van der Waals surface area contributed by atoms with Gasteiger partial charge < -0.3 is 10.3 Å². The largest absolute Gasteiger partial charge is 0.383 e. The molecule has 0 amide bonds. The van der Waals surface area contributed by atoms with Gasteiger partial charge in [-0.25, -0.2) is 0 Å². The van der Waals surface area contributed by atoms with Gasteiger partial charge in [0.15, 0.2) is 0 Å². The molecule has 1 rings (SSSR count). The second-order valence-corrected chi connectivity index (χ2v) is 2.36. The molecule has 0 saturated heterocycles. The maximum Gasteiger partial charge on any atom is 0.280 e. The maximum atomic E-state index is 10.5. The van der Waals surface area contributed by atoms with Crippen LogP contribution in [0.4, 0.5) is 0 Å². The summed E-state index contributed by atoms with van der Waals surface area (Å²) in [7, 11) is 0. The molecule has 1 heterocycles. The lowest BCUT2D eigenvalue weighted by molar-refractivity contribution is 0.372. The minimum atomic E-state index is -0.212. The molecule has 0 bridgehead atoms. The van der Waals surface area contributed by atoms with Crippen molar-refractivity contribution >= 4 is 0 Å². The number of hydrogen-bond acceptors (Lipinski definition) is 3. The molecule has 1 aromatic heterocycles. The molecular weight excluding hydrogens is 132 g/mol. The Hall–Kier alpha value is -1.03. The molecule has 10 heavy (non-hydrogen) atoms. The standard InChI is InChI=1S/C6H10N2O2/c1-4(7)2-5-3-6(9)8-10-5/h3-4H,2,7H2,1H3,(H,8,9).